The molecule has 30 heavy (non-hydrogen) atoms. The molecule has 7 heteroatoms. The number of aromatic nitrogens is 2. The second-order valence-corrected chi connectivity index (χ2v) is 8.22. The van der Waals surface area contributed by atoms with Crippen LogP contribution in [-0.2, 0) is 4.79 Å². The number of Topliss-reactive ketones (excluding diaryl/α,β-unsaturated/α-hetero) is 1. The van der Waals surface area contributed by atoms with E-state index in [2.05, 4.69) is 39.6 Å². The first-order chi connectivity index (χ1) is 14.4. The van der Waals surface area contributed by atoms with Crippen LogP contribution >= 0.6 is 0 Å². The first-order valence-electron chi connectivity index (χ1n) is 10.3. The fourth-order valence-electron chi connectivity index (χ4n) is 4.28. The van der Waals surface area contributed by atoms with E-state index in [1.54, 1.807) is 36.8 Å². The molecular formula is C23H27N5O2. The Morgan fingerprint density at radius 1 is 1.17 bits per heavy atom. The minimum atomic E-state index is -0.194. The van der Waals surface area contributed by atoms with Gasteiger partial charge in [-0.15, -0.1) is 0 Å². The number of hydrogen-bond donors (Lipinski definition) is 2. The van der Waals surface area contributed by atoms with E-state index >= 15 is 0 Å². The lowest BCUT2D eigenvalue weighted by molar-refractivity contribution is -0.110. The smallest absolute Gasteiger partial charge is 0.258 e. The summed E-state index contributed by atoms with van der Waals surface area (Å²) in [5, 5.41) is 6.53. The average Bonchev–Trinajstić information content (AvgIpc) is 3.07. The molecule has 0 unspecified atom stereocenters. The second kappa shape index (κ2) is 8.36. The summed E-state index contributed by atoms with van der Waals surface area (Å²) >= 11 is 0. The van der Waals surface area contributed by atoms with E-state index in [0.717, 1.165) is 31.2 Å². The van der Waals surface area contributed by atoms with Crippen LogP contribution in [0, 0.1) is 0 Å². The van der Waals surface area contributed by atoms with Gasteiger partial charge in [0.2, 0.25) is 0 Å². The van der Waals surface area contributed by atoms with Gasteiger partial charge in [0.1, 0.15) is 5.69 Å². The van der Waals surface area contributed by atoms with Crippen molar-refractivity contribution < 1.29 is 9.59 Å². The lowest BCUT2D eigenvalue weighted by Crippen LogP contribution is -2.39. The van der Waals surface area contributed by atoms with Crippen molar-refractivity contribution in [1.29, 1.82) is 0 Å². The molecule has 1 aliphatic carbocycles. The summed E-state index contributed by atoms with van der Waals surface area (Å²) in [6, 6.07) is 6.14. The highest BCUT2D eigenvalue weighted by atomic mass is 16.2. The molecular weight excluding hydrogens is 378 g/mol. The fourth-order valence-corrected chi connectivity index (χ4v) is 4.28. The van der Waals surface area contributed by atoms with E-state index in [-0.39, 0.29) is 17.7 Å². The van der Waals surface area contributed by atoms with Crippen LogP contribution in [0.5, 0.6) is 0 Å². The fraction of sp³-hybridized carbons (Fsp3) is 0.391. The number of amides is 1. The van der Waals surface area contributed by atoms with E-state index in [1.165, 1.54) is 6.92 Å². The van der Waals surface area contributed by atoms with Crippen molar-refractivity contribution in [2.45, 2.75) is 44.7 Å². The average molecular weight is 406 g/mol. The second-order valence-electron chi connectivity index (χ2n) is 8.22. The number of anilines is 1. The van der Waals surface area contributed by atoms with Gasteiger partial charge < -0.3 is 15.5 Å². The van der Waals surface area contributed by atoms with E-state index in [0.29, 0.717) is 34.3 Å². The molecule has 0 atom stereocenters. The summed E-state index contributed by atoms with van der Waals surface area (Å²) in [5.74, 6) is -0.228. The summed E-state index contributed by atoms with van der Waals surface area (Å²) in [5.41, 5.74) is 3.82. The third kappa shape index (κ3) is 3.98. The van der Waals surface area contributed by atoms with E-state index in [9.17, 15) is 9.59 Å². The third-order valence-electron chi connectivity index (χ3n) is 6.02. The Labute approximate surface area is 176 Å². The zero-order chi connectivity index (χ0) is 21.3. The van der Waals surface area contributed by atoms with Crippen LogP contribution in [0.25, 0.3) is 11.3 Å². The van der Waals surface area contributed by atoms with E-state index < -0.39 is 0 Å². The topological polar surface area (TPSA) is 87.2 Å². The summed E-state index contributed by atoms with van der Waals surface area (Å²) in [7, 11) is 4.25. The van der Waals surface area contributed by atoms with Crippen molar-refractivity contribution in [2.24, 2.45) is 0 Å². The summed E-state index contributed by atoms with van der Waals surface area (Å²) in [6.07, 6.45) is 9.14. The van der Waals surface area contributed by atoms with Crippen LogP contribution in [0.2, 0.25) is 0 Å². The maximum atomic E-state index is 13.0. The number of nitrogens with one attached hydrogen (secondary N) is 2. The molecule has 4 rings (SSSR count). The first kappa shape index (κ1) is 20.2. The highest BCUT2D eigenvalue weighted by Crippen LogP contribution is 2.37. The van der Waals surface area contributed by atoms with Crippen molar-refractivity contribution in [3.63, 3.8) is 0 Å². The molecule has 0 bridgehead atoms. The number of nitrogens with zero attached hydrogens (tertiary/aromatic N) is 3. The zero-order valence-electron chi connectivity index (χ0n) is 17.6. The molecule has 1 saturated carbocycles. The molecule has 2 N–H and O–H groups in total. The Bertz CT molecular complexity index is 992. The molecule has 1 amide bonds. The Kier molecular flexibility index (Phi) is 5.63. The Hall–Kier alpha value is -3.06. The quantitative estimate of drug-likeness (QED) is 0.587. The van der Waals surface area contributed by atoms with Gasteiger partial charge in [-0.05, 0) is 64.9 Å². The maximum absolute atomic E-state index is 13.0. The van der Waals surface area contributed by atoms with Gasteiger partial charge in [0.25, 0.3) is 5.91 Å². The van der Waals surface area contributed by atoms with Gasteiger partial charge in [0.15, 0.2) is 5.78 Å². The van der Waals surface area contributed by atoms with Crippen LogP contribution in [0.3, 0.4) is 0 Å². The SMILES string of the molecule is CC(=O)c1ccc2c(c1)/C(=C(/N[C@H]1CC[C@H](N(C)C)CC1)c1cnccn1)C(=O)N2. The van der Waals surface area contributed by atoms with Crippen molar-refractivity contribution >= 4 is 28.6 Å². The molecule has 2 heterocycles. The van der Waals surface area contributed by atoms with Gasteiger partial charge in [0, 0.05) is 41.3 Å². The molecule has 0 saturated heterocycles. The van der Waals surface area contributed by atoms with Gasteiger partial charge in [-0.25, -0.2) is 0 Å². The van der Waals surface area contributed by atoms with Gasteiger partial charge in [0.05, 0.1) is 17.5 Å². The Balaban J connectivity index is 1.74. The molecule has 2 aromatic rings. The molecule has 0 spiro atoms. The number of ketones is 1. The lowest BCUT2D eigenvalue weighted by atomic mass is 9.90. The van der Waals surface area contributed by atoms with Gasteiger partial charge in [-0.3, -0.25) is 19.6 Å². The van der Waals surface area contributed by atoms with Crippen molar-refractivity contribution in [3.05, 3.63) is 53.6 Å². The Morgan fingerprint density at radius 2 is 1.93 bits per heavy atom. The van der Waals surface area contributed by atoms with E-state index in [4.69, 9.17) is 0 Å². The number of carbonyl (C=O) groups excluding carboxylic acids is 2. The van der Waals surface area contributed by atoms with Gasteiger partial charge in [-0.1, -0.05) is 0 Å². The number of carbonyl (C=O) groups is 2. The normalized spacial score (nSPS) is 22.5. The monoisotopic (exact) mass is 405 g/mol. The number of benzene rings is 1. The largest absolute Gasteiger partial charge is 0.380 e. The number of fused-ring (bicyclic) bond motifs is 1. The summed E-state index contributed by atoms with van der Waals surface area (Å²) in [6.45, 7) is 1.53. The van der Waals surface area contributed by atoms with E-state index in [1.807, 2.05) is 0 Å². The van der Waals surface area contributed by atoms with Crippen LogP contribution in [0.15, 0.2) is 36.8 Å². The lowest BCUT2D eigenvalue weighted by Gasteiger charge is -2.34. The highest BCUT2D eigenvalue weighted by molar-refractivity contribution is 6.36. The number of rotatable bonds is 5. The molecule has 2 aliphatic rings. The van der Waals surface area contributed by atoms with Crippen LogP contribution in [0.4, 0.5) is 5.69 Å². The summed E-state index contributed by atoms with van der Waals surface area (Å²) in [4.78, 5) is 35.8. The van der Waals surface area contributed by atoms with Crippen LogP contribution in [-0.4, -0.2) is 52.7 Å². The highest BCUT2D eigenvalue weighted by Gasteiger charge is 2.31. The van der Waals surface area contributed by atoms with Crippen molar-refractivity contribution in [1.82, 2.24) is 20.2 Å². The van der Waals surface area contributed by atoms with Gasteiger partial charge in [-0.2, -0.15) is 0 Å². The predicted octanol–water partition coefficient (Wildman–Crippen LogP) is 2.96. The molecule has 1 aromatic carbocycles. The zero-order valence-corrected chi connectivity index (χ0v) is 17.6. The van der Waals surface area contributed by atoms with Gasteiger partial charge >= 0.3 is 0 Å². The predicted molar refractivity (Wildman–Crippen MR) is 117 cm³/mol. The number of hydrogen-bond acceptors (Lipinski definition) is 6. The minimum Gasteiger partial charge on any atom is -0.380 e. The maximum Gasteiger partial charge on any atom is 0.258 e. The van der Waals surface area contributed by atoms with Crippen LogP contribution in [0.1, 0.15) is 54.2 Å². The molecule has 1 fully saturated rings. The molecule has 0 radical (unpaired) electrons. The van der Waals surface area contributed by atoms with Crippen molar-refractivity contribution in [2.75, 3.05) is 19.4 Å². The molecule has 156 valence electrons. The minimum absolute atomic E-state index is 0.0347. The molecule has 7 nitrogen and oxygen atoms in total. The van der Waals surface area contributed by atoms with Crippen LogP contribution < -0.4 is 10.6 Å². The molecule has 1 aliphatic heterocycles. The third-order valence-corrected chi connectivity index (χ3v) is 6.02. The summed E-state index contributed by atoms with van der Waals surface area (Å²) < 4.78 is 0. The first-order valence-corrected chi connectivity index (χ1v) is 10.3. The molecule has 1 aromatic heterocycles. The Morgan fingerprint density at radius 3 is 2.57 bits per heavy atom. The standard InChI is InChI=1S/C23H27N5O2/c1-14(29)15-4-9-19-18(12-15)21(23(30)27-19)22(20-13-24-10-11-25-20)26-16-5-7-17(8-6-16)28(2)3/h4,9-13,16-17,26H,5-8H2,1-3H3,(H,27,30)/b22-21-/t16-,17-. The van der Waals surface area contributed by atoms with Crippen molar-refractivity contribution in [3.8, 4) is 0 Å².